The molecule has 8 heteroatoms. The van der Waals surface area contributed by atoms with Crippen molar-refractivity contribution >= 4 is 46.2 Å². The number of nitro benzene ring substituents is 1. The van der Waals surface area contributed by atoms with Crippen LogP contribution in [-0.2, 0) is 4.79 Å². The summed E-state index contributed by atoms with van der Waals surface area (Å²) in [4.78, 5) is 21.3. The molecule has 0 fully saturated rings. The van der Waals surface area contributed by atoms with Crippen LogP contribution in [0.2, 0.25) is 10.0 Å². The second-order valence-electron chi connectivity index (χ2n) is 3.10. The third-order valence-corrected chi connectivity index (χ3v) is 2.85. The Balaban J connectivity index is 2.68. The summed E-state index contributed by atoms with van der Waals surface area (Å²) in [6.07, 6.45) is 0. The minimum Gasteiger partial charge on any atom is -0.369 e. The molecule has 0 radical (unpaired) electrons. The Bertz CT molecular complexity index is 504. The predicted octanol–water partition coefficient (Wildman–Crippen LogP) is 2.27. The van der Waals surface area contributed by atoms with Crippen molar-refractivity contribution in [3.05, 3.63) is 26.2 Å². The first-order valence-electron chi connectivity index (χ1n) is 4.21. The molecular formula is C8H5Cl2N3O3. The molecule has 0 spiro atoms. The van der Waals surface area contributed by atoms with Crippen molar-refractivity contribution in [3.63, 3.8) is 0 Å². The van der Waals surface area contributed by atoms with Gasteiger partial charge in [-0.25, -0.2) is 0 Å². The number of amides is 1. The fraction of sp³-hybridized carbons (Fsp3) is 0.125. The lowest BCUT2D eigenvalue weighted by Gasteiger charge is -2.19. The summed E-state index contributed by atoms with van der Waals surface area (Å²) in [6, 6.07) is 1.37. The summed E-state index contributed by atoms with van der Waals surface area (Å²) in [7, 11) is 0. The standard InChI is InChI=1S/C8H5Cl2N3O3/c9-3-1-4-7(11-2-5(14)12-4)8(6(3)10)13(15)16/h1,11H,2H2,(H,12,14). The molecule has 0 unspecified atom stereocenters. The number of benzene rings is 1. The van der Waals surface area contributed by atoms with Gasteiger partial charge in [-0.05, 0) is 6.07 Å². The van der Waals surface area contributed by atoms with Crippen LogP contribution in [0.3, 0.4) is 0 Å². The van der Waals surface area contributed by atoms with Crippen LogP contribution in [0.15, 0.2) is 6.07 Å². The van der Waals surface area contributed by atoms with Gasteiger partial charge in [0.2, 0.25) is 5.91 Å². The lowest BCUT2D eigenvalue weighted by molar-refractivity contribution is -0.383. The minimum atomic E-state index is -0.641. The maximum Gasteiger partial charge on any atom is 0.314 e. The highest BCUT2D eigenvalue weighted by Crippen LogP contribution is 2.44. The van der Waals surface area contributed by atoms with Crippen molar-refractivity contribution in [3.8, 4) is 0 Å². The van der Waals surface area contributed by atoms with Crippen molar-refractivity contribution < 1.29 is 9.72 Å². The van der Waals surface area contributed by atoms with Gasteiger partial charge in [0, 0.05) is 0 Å². The Hall–Kier alpha value is -1.53. The average Bonchev–Trinajstić information content (AvgIpc) is 2.19. The molecule has 0 saturated heterocycles. The number of nitrogens with zero attached hydrogens (tertiary/aromatic N) is 1. The van der Waals surface area contributed by atoms with Gasteiger partial charge < -0.3 is 10.6 Å². The summed E-state index contributed by atoms with van der Waals surface area (Å²) in [5.74, 6) is -0.291. The number of nitro groups is 1. The van der Waals surface area contributed by atoms with Gasteiger partial charge in [0.15, 0.2) is 0 Å². The monoisotopic (exact) mass is 261 g/mol. The van der Waals surface area contributed by atoms with E-state index in [1.165, 1.54) is 6.07 Å². The molecule has 2 N–H and O–H groups in total. The maximum atomic E-state index is 11.1. The van der Waals surface area contributed by atoms with E-state index < -0.39 is 4.92 Å². The normalized spacial score (nSPS) is 13.8. The molecule has 1 aromatic carbocycles. The van der Waals surface area contributed by atoms with Crippen molar-refractivity contribution in [2.24, 2.45) is 0 Å². The van der Waals surface area contributed by atoms with E-state index >= 15 is 0 Å². The Morgan fingerprint density at radius 3 is 2.75 bits per heavy atom. The third-order valence-electron chi connectivity index (χ3n) is 2.08. The number of carbonyl (C=O) groups excluding carboxylic acids is 1. The predicted molar refractivity (Wildman–Crippen MR) is 60.2 cm³/mol. The quantitative estimate of drug-likeness (QED) is 0.600. The summed E-state index contributed by atoms with van der Waals surface area (Å²) in [5.41, 5.74) is 0.112. The van der Waals surface area contributed by atoms with Crippen molar-refractivity contribution in [1.29, 1.82) is 0 Å². The molecule has 16 heavy (non-hydrogen) atoms. The van der Waals surface area contributed by atoms with Crippen LogP contribution in [0, 0.1) is 10.1 Å². The van der Waals surface area contributed by atoms with Crippen LogP contribution in [0.4, 0.5) is 17.1 Å². The van der Waals surface area contributed by atoms with Gasteiger partial charge in [-0.2, -0.15) is 0 Å². The number of anilines is 2. The summed E-state index contributed by atoms with van der Waals surface area (Å²) in [6.45, 7) is -0.0359. The van der Waals surface area contributed by atoms with Gasteiger partial charge in [0.1, 0.15) is 10.7 Å². The zero-order valence-electron chi connectivity index (χ0n) is 7.71. The highest BCUT2D eigenvalue weighted by Gasteiger charge is 2.28. The van der Waals surface area contributed by atoms with E-state index in [0.717, 1.165) is 0 Å². The van der Waals surface area contributed by atoms with Crippen LogP contribution < -0.4 is 10.6 Å². The number of fused-ring (bicyclic) bond motifs is 1. The Kier molecular flexibility index (Phi) is 2.61. The lowest BCUT2D eigenvalue weighted by Crippen LogP contribution is -2.28. The third kappa shape index (κ3) is 1.66. The van der Waals surface area contributed by atoms with E-state index in [0.29, 0.717) is 0 Å². The van der Waals surface area contributed by atoms with Crippen molar-refractivity contribution in [1.82, 2.24) is 0 Å². The fourth-order valence-electron chi connectivity index (χ4n) is 1.42. The molecule has 1 amide bonds. The van der Waals surface area contributed by atoms with E-state index in [9.17, 15) is 14.9 Å². The molecule has 6 nitrogen and oxygen atoms in total. The van der Waals surface area contributed by atoms with E-state index in [4.69, 9.17) is 23.2 Å². The van der Waals surface area contributed by atoms with E-state index in [1.54, 1.807) is 0 Å². The highest BCUT2D eigenvalue weighted by atomic mass is 35.5. The average molecular weight is 262 g/mol. The van der Waals surface area contributed by atoms with E-state index in [1.807, 2.05) is 0 Å². The largest absolute Gasteiger partial charge is 0.369 e. The first kappa shape index (κ1) is 11.0. The second kappa shape index (κ2) is 3.80. The summed E-state index contributed by atoms with van der Waals surface area (Å²) < 4.78 is 0. The summed E-state index contributed by atoms with van der Waals surface area (Å²) >= 11 is 11.5. The minimum absolute atomic E-state index is 0.0242. The Morgan fingerprint density at radius 2 is 2.12 bits per heavy atom. The Morgan fingerprint density at radius 1 is 1.44 bits per heavy atom. The van der Waals surface area contributed by atoms with Gasteiger partial charge in [-0.3, -0.25) is 14.9 Å². The highest BCUT2D eigenvalue weighted by molar-refractivity contribution is 6.44. The van der Waals surface area contributed by atoms with Crippen LogP contribution >= 0.6 is 23.2 Å². The smallest absolute Gasteiger partial charge is 0.314 e. The topological polar surface area (TPSA) is 84.3 Å². The van der Waals surface area contributed by atoms with Crippen molar-refractivity contribution in [2.75, 3.05) is 17.2 Å². The van der Waals surface area contributed by atoms with Gasteiger partial charge in [-0.1, -0.05) is 23.2 Å². The first-order chi connectivity index (χ1) is 7.50. The molecule has 1 aromatic rings. The van der Waals surface area contributed by atoms with Gasteiger partial charge in [-0.15, -0.1) is 0 Å². The number of hydrogen-bond acceptors (Lipinski definition) is 4. The molecule has 0 aliphatic carbocycles. The first-order valence-corrected chi connectivity index (χ1v) is 4.96. The number of nitrogens with one attached hydrogen (secondary N) is 2. The maximum absolute atomic E-state index is 11.1. The SMILES string of the molecule is O=C1CNc2c(cc(Cl)c(Cl)c2[N+](=O)[O-])N1. The molecule has 0 aromatic heterocycles. The molecular weight excluding hydrogens is 257 g/mol. The van der Waals surface area contributed by atoms with Gasteiger partial charge >= 0.3 is 5.69 Å². The van der Waals surface area contributed by atoms with E-state index in [2.05, 4.69) is 10.6 Å². The fourth-order valence-corrected chi connectivity index (χ4v) is 1.84. The molecule has 0 atom stereocenters. The van der Waals surface area contributed by atoms with Gasteiger partial charge in [0.25, 0.3) is 0 Å². The van der Waals surface area contributed by atoms with E-state index in [-0.39, 0.29) is 39.6 Å². The molecule has 0 saturated carbocycles. The summed E-state index contributed by atoms with van der Waals surface area (Å²) in [5, 5.41) is 15.8. The zero-order chi connectivity index (χ0) is 11.9. The van der Waals surface area contributed by atoms with Crippen LogP contribution in [-0.4, -0.2) is 17.4 Å². The molecule has 1 heterocycles. The van der Waals surface area contributed by atoms with Crippen molar-refractivity contribution in [2.45, 2.75) is 0 Å². The van der Waals surface area contributed by atoms with Crippen LogP contribution in [0.5, 0.6) is 0 Å². The number of carbonyl (C=O) groups is 1. The molecule has 1 aliphatic heterocycles. The molecule has 84 valence electrons. The molecule has 0 bridgehead atoms. The zero-order valence-corrected chi connectivity index (χ0v) is 9.22. The van der Waals surface area contributed by atoms with Crippen LogP contribution in [0.25, 0.3) is 0 Å². The van der Waals surface area contributed by atoms with Gasteiger partial charge in [0.05, 0.1) is 22.2 Å². The number of halogens is 2. The second-order valence-corrected chi connectivity index (χ2v) is 3.89. The van der Waals surface area contributed by atoms with Crippen LogP contribution in [0.1, 0.15) is 0 Å². The Labute approximate surface area is 99.7 Å². The number of rotatable bonds is 1. The lowest BCUT2D eigenvalue weighted by atomic mass is 10.2. The number of hydrogen-bond donors (Lipinski definition) is 2. The molecule has 2 rings (SSSR count). The molecule has 1 aliphatic rings.